The van der Waals surface area contributed by atoms with Gasteiger partial charge in [0.2, 0.25) is 0 Å². The fraction of sp³-hybridized carbons (Fsp3) is 0.0476. The molecule has 65 heavy (non-hydrogen) atoms. The van der Waals surface area contributed by atoms with Gasteiger partial charge in [0.25, 0.3) is 0 Å². The van der Waals surface area contributed by atoms with E-state index < -0.39 is 5.41 Å². The van der Waals surface area contributed by atoms with E-state index in [0.717, 1.165) is 39.0 Å². The van der Waals surface area contributed by atoms with Gasteiger partial charge in [-0.3, -0.25) is 0 Å². The molecule has 11 aromatic rings. The Hall–Kier alpha value is -8.20. The second-order valence-electron chi connectivity index (χ2n) is 17.7. The number of para-hydroxylation sites is 1. The molecule has 2 heteroatoms. The molecule has 0 bridgehead atoms. The number of benzene rings is 10. The average molecular weight is 830 g/mol. The summed E-state index contributed by atoms with van der Waals surface area (Å²) in [6, 6.07) is 89.2. The van der Waals surface area contributed by atoms with Crippen molar-refractivity contribution in [2.45, 2.75) is 17.8 Å². The summed E-state index contributed by atoms with van der Waals surface area (Å²) < 4.78 is 6.34. The van der Waals surface area contributed by atoms with Gasteiger partial charge >= 0.3 is 0 Å². The van der Waals surface area contributed by atoms with Crippen molar-refractivity contribution in [2.24, 2.45) is 0 Å². The van der Waals surface area contributed by atoms with E-state index in [4.69, 9.17) is 4.42 Å². The first kappa shape index (κ1) is 37.4. The summed E-state index contributed by atoms with van der Waals surface area (Å²) in [5, 5.41) is 2.21. The minimum absolute atomic E-state index is 0.328. The molecule has 2 nitrogen and oxygen atoms in total. The molecule has 2 aliphatic rings. The second-order valence-corrected chi connectivity index (χ2v) is 17.7. The summed E-state index contributed by atoms with van der Waals surface area (Å²) >= 11 is 0. The molecule has 1 atom stereocenters. The van der Waals surface area contributed by atoms with E-state index in [1.807, 2.05) is 6.07 Å². The van der Waals surface area contributed by atoms with E-state index >= 15 is 0 Å². The summed E-state index contributed by atoms with van der Waals surface area (Å²) in [6.45, 7) is 2.39. The highest BCUT2D eigenvalue weighted by Crippen LogP contribution is 2.57. The number of rotatable bonds is 7. The lowest BCUT2D eigenvalue weighted by molar-refractivity contribution is 0.669. The molecule has 1 aromatic heterocycles. The summed E-state index contributed by atoms with van der Waals surface area (Å²) in [6.07, 6.45) is 0. The molecule has 0 saturated heterocycles. The van der Waals surface area contributed by atoms with E-state index in [0.29, 0.717) is 0 Å². The van der Waals surface area contributed by atoms with Gasteiger partial charge < -0.3 is 9.32 Å². The van der Waals surface area contributed by atoms with Gasteiger partial charge in [0.15, 0.2) is 0 Å². The zero-order chi connectivity index (χ0) is 43.1. The number of fused-ring (bicyclic) bond motifs is 9. The lowest BCUT2D eigenvalue weighted by Crippen LogP contribution is -2.28. The van der Waals surface area contributed by atoms with Crippen LogP contribution in [-0.4, -0.2) is 0 Å². The molecule has 0 radical (unpaired) electrons. The molecule has 0 N–H and O–H groups in total. The van der Waals surface area contributed by atoms with Crippen LogP contribution in [0.5, 0.6) is 0 Å². The predicted molar refractivity (Wildman–Crippen MR) is 269 cm³/mol. The first-order valence-electron chi connectivity index (χ1n) is 22.6. The van der Waals surface area contributed by atoms with Gasteiger partial charge in [0.05, 0.1) is 5.41 Å². The van der Waals surface area contributed by atoms with Crippen molar-refractivity contribution in [3.8, 4) is 33.4 Å². The van der Waals surface area contributed by atoms with E-state index in [1.165, 1.54) is 72.3 Å². The molecule has 13 rings (SSSR count). The minimum Gasteiger partial charge on any atom is -0.456 e. The molecule has 306 valence electrons. The molecule has 1 unspecified atom stereocenters. The van der Waals surface area contributed by atoms with Gasteiger partial charge in [-0.15, -0.1) is 0 Å². The molecule has 0 aliphatic heterocycles. The number of hydrogen-bond acceptors (Lipinski definition) is 2. The van der Waals surface area contributed by atoms with Crippen molar-refractivity contribution in [3.05, 3.63) is 282 Å². The van der Waals surface area contributed by atoms with Crippen LogP contribution in [-0.2, 0) is 10.8 Å². The maximum atomic E-state index is 6.34. The fourth-order valence-electron chi connectivity index (χ4n) is 11.4. The smallest absolute Gasteiger partial charge is 0.135 e. The summed E-state index contributed by atoms with van der Waals surface area (Å²) in [4.78, 5) is 2.41. The third-order valence-corrected chi connectivity index (χ3v) is 14.4. The Morgan fingerprint density at radius 3 is 1.54 bits per heavy atom. The van der Waals surface area contributed by atoms with Crippen LogP contribution in [0.4, 0.5) is 17.1 Å². The highest BCUT2D eigenvalue weighted by molar-refractivity contribution is 6.06. The molecular formula is C63H43NO. The molecule has 10 aromatic carbocycles. The number of anilines is 3. The van der Waals surface area contributed by atoms with Gasteiger partial charge in [-0.25, -0.2) is 0 Å². The maximum Gasteiger partial charge on any atom is 0.135 e. The highest BCUT2D eigenvalue weighted by Gasteiger charge is 2.46. The Balaban J connectivity index is 0.975. The third kappa shape index (κ3) is 5.47. The van der Waals surface area contributed by atoms with Gasteiger partial charge in [0, 0.05) is 33.2 Å². The summed E-state index contributed by atoms with van der Waals surface area (Å²) in [5.41, 5.74) is 20.8. The van der Waals surface area contributed by atoms with E-state index in [1.54, 1.807) is 0 Å². The van der Waals surface area contributed by atoms with Gasteiger partial charge in [-0.1, -0.05) is 188 Å². The normalized spacial score (nSPS) is 15.3. The van der Waals surface area contributed by atoms with Crippen LogP contribution in [0.2, 0.25) is 0 Å². The topological polar surface area (TPSA) is 16.4 Å². The van der Waals surface area contributed by atoms with Crippen molar-refractivity contribution in [1.29, 1.82) is 0 Å². The minimum atomic E-state index is -0.460. The van der Waals surface area contributed by atoms with Crippen LogP contribution in [0.1, 0.15) is 45.9 Å². The first-order chi connectivity index (χ1) is 32.1. The zero-order valence-electron chi connectivity index (χ0n) is 35.9. The maximum absolute atomic E-state index is 6.34. The highest BCUT2D eigenvalue weighted by atomic mass is 16.3. The number of hydrogen-bond donors (Lipinski definition) is 0. The quantitative estimate of drug-likeness (QED) is 0.159. The van der Waals surface area contributed by atoms with Crippen LogP contribution in [0, 0.1) is 0 Å². The van der Waals surface area contributed by atoms with Crippen LogP contribution in [0.15, 0.2) is 247 Å². The number of nitrogens with zero attached hydrogens (tertiary/aromatic N) is 1. The van der Waals surface area contributed by atoms with Crippen molar-refractivity contribution in [3.63, 3.8) is 0 Å². The van der Waals surface area contributed by atoms with Gasteiger partial charge in [0.1, 0.15) is 11.2 Å². The molecular weight excluding hydrogens is 787 g/mol. The fourth-order valence-corrected chi connectivity index (χ4v) is 11.4. The van der Waals surface area contributed by atoms with Crippen LogP contribution < -0.4 is 4.90 Å². The van der Waals surface area contributed by atoms with E-state index in [9.17, 15) is 0 Å². The average Bonchev–Trinajstić information content (AvgIpc) is 3.99. The molecule has 2 aliphatic carbocycles. The van der Waals surface area contributed by atoms with Gasteiger partial charge in [-0.05, 0) is 134 Å². The Bertz CT molecular complexity index is 3570. The van der Waals surface area contributed by atoms with Gasteiger partial charge in [-0.2, -0.15) is 0 Å². The van der Waals surface area contributed by atoms with Crippen molar-refractivity contribution in [2.75, 3.05) is 4.90 Å². The SMILES string of the molecule is CC1(c2ccccc2)c2ccccc2-c2ccc(N(c3ccc(-c4ccc5c(c4)C(c4ccccc4)(c4ccccc4)c4ccccc4-5)cc3)c3ccc4oc5ccccc5c4c3)cc21. The monoisotopic (exact) mass is 829 g/mol. The van der Waals surface area contributed by atoms with Crippen molar-refractivity contribution in [1.82, 2.24) is 0 Å². The van der Waals surface area contributed by atoms with Crippen LogP contribution in [0.25, 0.3) is 55.3 Å². The Morgan fingerprint density at radius 1 is 0.323 bits per heavy atom. The van der Waals surface area contributed by atoms with E-state index in [-0.39, 0.29) is 5.41 Å². The standard InChI is InChI=1S/C63H43NO/c1-62(44-17-5-2-6-18-44)56-26-14-11-23-50(56)52-37-34-49(41-58(52)62)64(48-35-38-61-55(40-48)54-25-13-16-28-60(54)65-61)47-32-29-42(30-33-47)43-31-36-53-51-24-12-15-27-57(51)63(59(53)39-43,45-19-7-3-8-20-45)46-21-9-4-10-22-46/h2-41H,1H3. The van der Waals surface area contributed by atoms with Crippen molar-refractivity contribution >= 4 is 39.0 Å². The van der Waals surface area contributed by atoms with Crippen LogP contribution in [0.3, 0.4) is 0 Å². The lowest BCUT2D eigenvalue weighted by atomic mass is 9.67. The predicted octanol–water partition coefficient (Wildman–Crippen LogP) is 16.4. The largest absolute Gasteiger partial charge is 0.456 e. The Kier molecular flexibility index (Phi) is 8.29. The molecule has 0 amide bonds. The van der Waals surface area contributed by atoms with E-state index in [2.05, 4.69) is 248 Å². The lowest BCUT2D eigenvalue weighted by Gasteiger charge is -2.34. The Labute approximate surface area is 379 Å². The van der Waals surface area contributed by atoms with Crippen LogP contribution >= 0.6 is 0 Å². The number of furan rings is 1. The summed E-state index contributed by atoms with van der Waals surface area (Å²) in [7, 11) is 0. The van der Waals surface area contributed by atoms with Crippen molar-refractivity contribution < 1.29 is 4.42 Å². The summed E-state index contributed by atoms with van der Waals surface area (Å²) in [5.74, 6) is 0. The molecule has 0 spiro atoms. The first-order valence-corrected chi connectivity index (χ1v) is 22.6. The Morgan fingerprint density at radius 2 is 0.815 bits per heavy atom. The molecule has 0 saturated carbocycles. The molecule has 0 fully saturated rings. The third-order valence-electron chi connectivity index (χ3n) is 14.4. The molecule has 1 heterocycles. The zero-order valence-corrected chi connectivity index (χ0v) is 35.9. The second kappa shape index (κ2) is 14.4.